The summed E-state index contributed by atoms with van der Waals surface area (Å²) in [7, 11) is -3.72. The van der Waals surface area contributed by atoms with Crippen LogP contribution in [0.25, 0.3) is 11.5 Å². The summed E-state index contributed by atoms with van der Waals surface area (Å²) in [4.78, 5) is 5.47. The van der Waals surface area contributed by atoms with Crippen molar-refractivity contribution in [3.8, 4) is 11.5 Å². The molecule has 1 aliphatic heterocycles. The summed E-state index contributed by atoms with van der Waals surface area (Å²) in [6.07, 6.45) is 0.675. The molecule has 136 valence electrons. The van der Waals surface area contributed by atoms with E-state index in [4.69, 9.17) is 9.26 Å². The van der Waals surface area contributed by atoms with Crippen LogP contribution in [0.1, 0.15) is 21.8 Å². The molecule has 1 aromatic carbocycles. The fraction of sp³-hybridized carbons (Fsp3) is 0.294. The van der Waals surface area contributed by atoms with Crippen molar-refractivity contribution in [2.45, 2.75) is 31.8 Å². The molecule has 4 rings (SSSR count). The van der Waals surface area contributed by atoms with Crippen LogP contribution in [0.2, 0.25) is 0 Å². The molecule has 3 heterocycles. The van der Waals surface area contributed by atoms with Crippen LogP contribution in [-0.2, 0) is 27.8 Å². The molecular formula is C17H17N3O4S2. The van der Waals surface area contributed by atoms with Crippen molar-refractivity contribution in [1.29, 1.82) is 0 Å². The molecule has 26 heavy (non-hydrogen) atoms. The number of hydrogen-bond donors (Lipinski definition) is 1. The van der Waals surface area contributed by atoms with Gasteiger partial charge < -0.3 is 9.26 Å². The standard InChI is InChI=1S/C17H17N3O4S2/c1-10-3-5-12(6-4-10)26(21,22)20-17-15(16-18-11(2)19-24-16)13-7-8-23-9-14(13)25-17/h3-6,20H,7-9H2,1-2H3. The van der Waals surface area contributed by atoms with Gasteiger partial charge in [-0.1, -0.05) is 22.9 Å². The van der Waals surface area contributed by atoms with Gasteiger partial charge in [-0.15, -0.1) is 11.3 Å². The third kappa shape index (κ3) is 3.13. The van der Waals surface area contributed by atoms with Crippen LogP contribution in [0.4, 0.5) is 5.00 Å². The molecule has 1 N–H and O–H groups in total. The van der Waals surface area contributed by atoms with Crippen LogP contribution in [-0.4, -0.2) is 25.2 Å². The average Bonchev–Trinajstić information content (AvgIpc) is 3.17. The average molecular weight is 391 g/mol. The highest BCUT2D eigenvalue weighted by Crippen LogP contribution is 2.43. The lowest BCUT2D eigenvalue weighted by molar-refractivity contribution is 0.113. The van der Waals surface area contributed by atoms with E-state index >= 15 is 0 Å². The van der Waals surface area contributed by atoms with Gasteiger partial charge in [-0.3, -0.25) is 4.72 Å². The van der Waals surface area contributed by atoms with E-state index < -0.39 is 10.0 Å². The number of hydrogen-bond acceptors (Lipinski definition) is 7. The molecule has 3 aromatic rings. The van der Waals surface area contributed by atoms with Gasteiger partial charge >= 0.3 is 0 Å². The smallest absolute Gasteiger partial charge is 0.262 e. The summed E-state index contributed by atoms with van der Waals surface area (Å²) >= 11 is 1.35. The number of benzene rings is 1. The molecule has 0 amide bonds. The minimum atomic E-state index is -3.72. The van der Waals surface area contributed by atoms with Crippen molar-refractivity contribution in [3.63, 3.8) is 0 Å². The van der Waals surface area contributed by atoms with Crippen LogP contribution in [0.15, 0.2) is 33.7 Å². The second-order valence-electron chi connectivity index (χ2n) is 6.08. The van der Waals surface area contributed by atoms with Crippen molar-refractivity contribution in [1.82, 2.24) is 10.1 Å². The predicted molar refractivity (Wildman–Crippen MR) is 97.7 cm³/mol. The molecule has 0 bridgehead atoms. The molecule has 1 aliphatic rings. The summed E-state index contributed by atoms with van der Waals surface area (Å²) in [5.41, 5.74) is 2.66. The first-order valence-corrected chi connectivity index (χ1v) is 10.4. The summed E-state index contributed by atoms with van der Waals surface area (Å²) < 4.78 is 39.1. The Morgan fingerprint density at radius 1 is 1.19 bits per heavy atom. The minimum Gasteiger partial charge on any atom is -0.376 e. The quantitative estimate of drug-likeness (QED) is 0.733. The van der Waals surface area contributed by atoms with Crippen molar-refractivity contribution in [2.75, 3.05) is 11.3 Å². The van der Waals surface area contributed by atoms with Crippen LogP contribution >= 0.6 is 11.3 Å². The lowest BCUT2D eigenvalue weighted by atomic mass is 10.1. The first kappa shape index (κ1) is 17.2. The van der Waals surface area contributed by atoms with E-state index in [0.717, 1.165) is 16.0 Å². The summed E-state index contributed by atoms with van der Waals surface area (Å²) in [5.74, 6) is 0.822. The van der Waals surface area contributed by atoms with Gasteiger partial charge in [0.15, 0.2) is 5.82 Å². The van der Waals surface area contributed by atoms with Crippen molar-refractivity contribution < 1.29 is 17.7 Å². The zero-order valence-electron chi connectivity index (χ0n) is 14.3. The fourth-order valence-corrected chi connectivity index (χ4v) is 5.31. The molecule has 0 saturated heterocycles. The zero-order valence-corrected chi connectivity index (χ0v) is 15.9. The summed E-state index contributed by atoms with van der Waals surface area (Å²) in [6, 6.07) is 6.71. The number of nitrogens with one attached hydrogen (secondary N) is 1. The Bertz CT molecular complexity index is 1050. The van der Waals surface area contributed by atoms with Gasteiger partial charge in [-0.25, -0.2) is 8.42 Å². The van der Waals surface area contributed by atoms with Gasteiger partial charge in [-0.05, 0) is 38.0 Å². The molecule has 0 fully saturated rings. The molecule has 7 nitrogen and oxygen atoms in total. The number of rotatable bonds is 4. The topological polar surface area (TPSA) is 94.3 Å². The van der Waals surface area contributed by atoms with E-state index in [9.17, 15) is 8.42 Å². The molecule has 0 saturated carbocycles. The Morgan fingerprint density at radius 3 is 2.65 bits per heavy atom. The lowest BCUT2D eigenvalue weighted by Gasteiger charge is -2.12. The third-order valence-electron chi connectivity index (χ3n) is 4.12. The Labute approximate surface area is 155 Å². The van der Waals surface area contributed by atoms with Crippen LogP contribution in [0.3, 0.4) is 0 Å². The van der Waals surface area contributed by atoms with E-state index in [0.29, 0.717) is 41.9 Å². The Hall–Kier alpha value is -2.23. The fourth-order valence-electron chi connectivity index (χ4n) is 2.83. The first-order chi connectivity index (χ1) is 12.4. The van der Waals surface area contributed by atoms with Crippen LogP contribution in [0, 0.1) is 13.8 Å². The molecule has 0 aliphatic carbocycles. The summed E-state index contributed by atoms with van der Waals surface area (Å²) in [5, 5.41) is 4.31. The predicted octanol–water partition coefficient (Wildman–Crippen LogP) is 3.29. The highest BCUT2D eigenvalue weighted by atomic mass is 32.2. The second-order valence-corrected chi connectivity index (χ2v) is 8.86. The van der Waals surface area contributed by atoms with Crippen molar-refractivity contribution >= 4 is 26.4 Å². The normalized spacial score (nSPS) is 14.2. The SMILES string of the molecule is Cc1ccc(S(=O)(=O)Nc2sc3c(c2-c2nc(C)no2)CCOC3)cc1. The Kier molecular flexibility index (Phi) is 4.29. The third-order valence-corrected chi connectivity index (χ3v) is 6.74. The lowest BCUT2D eigenvalue weighted by Crippen LogP contribution is -2.13. The molecule has 0 unspecified atom stereocenters. The number of thiophene rings is 1. The number of fused-ring (bicyclic) bond motifs is 1. The van der Waals surface area contributed by atoms with E-state index in [1.807, 2.05) is 6.92 Å². The number of anilines is 1. The van der Waals surface area contributed by atoms with Crippen molar-refractivity contribution in [2.24, 2.45) is 0 Å². The molecule has 9 heteroatoms. The molecule has 0 spiro atoms. The molecule has 0 atom stereocenters. The van der Waals surface area contributed by atoms with E-state index in [2.05, 4.69) is 14.9 Å². The van der Waals surface area contributed by atoms with Crippen LogP contribution < -0.4 is 4.72 Å². The molecular weight excluding hydrogens is 374 g/mol. The maximum atomic E-state index is 12.8. The van der Waals surface area contributed by atoms with Gasteiger partial charge in [0.05, 0.1) is 23.7 Å². The monoisotopic (exact) mass is 391 g/mol. The van der Waals surface area contributed by atoms with Gasteiger partial charge in [0.1, 0.15) is 5.00 Å². The Balaban J connectivity index is 1.79. The summed E-state index contributed by atoms with van der Waals surface area (Å²) in [6.45, 7) is 4.67. The molecule has 2 aromatic heterocycles. The van der Waals surface area contributed by atoms with Crippen LogP contribution in [0.5, 0.6) is 0 Å². The second kappa shape index (κ2) is 6.49. The number of aromatic nitrogens is 2. The van der Waals surface area contributed by atoms with E-state index in [1.54, 1.807) is 31.2 Å². The highest BCUT2D eigenvalue weighted by Gasteiger charge is 2.28. The van der Waals surface area contributed by atoms with Gasteiger partial charge in [0.25, 0.3) is 15.9 Å². The van der Waals surface area contributed by atoms with E-state index in [-0.39, 0.29) is 4.90 Å². The highest BCUT2D eigenvalue weighted by molar-refractivity contribution is 7.93. The number of sulfonamides is 1. The Morgan fingerprint density at radius 2 is 1.96 bits per heavy atom. The number of nitrogens with zero attached hydrogens (tertiary/aromatic N) is 2. The minimum absolute atomic E-state index is 0.207. The van der Waals surface area contributed by atoms with Gasteiger partial charge in [0.2, 0.25) is 0 Å². The van der Waals surface area contributed by atoms with E-state index in [1.165, 1.54) is 11.3 Å². The zero-order chi connectivity index (χ0) is 18.3. The maximum Gasteiger partial charge on any atom is 0.262 e. The van der Waals surface area contributed by atoms with Gasteiger partial charge in [0, 0.05) is 4.88 Å². The number of aryl methyl sites for hydroxylation is 2. The largest absolute Gasteiger partial charge is 0.376 e. The molecule has 0 radical (unpaired) electrons. The first-order valence-electron chi connectivity index (χ1n) is 8.06. The maximum absolute atomic E-state index is 12.8. The van der Waals surface area contributed by atoms with Gasteiger partial charge in [-0.2, -0.15) is 4.98 Å². The number of ether oxygens (including phenoxy) is 1. The van der Waals surface area contributed by atoms with Crippen molar-refractivity contribution in [3.05, 3.63) is 46.1 Å².